The fourth-order valence-corrected chi connectivity index (χ4v) is 3.12. The largest absolute Gasteiger partial charge is 0.354 e. The molecule has 0 saturated carbocycles. The number of rotatable bonds is 2. The minimum Gasteiger partial charge on any atom is -0.354 e. The van der Waals surface area contributed by atoms with Crippen LogP contribution in [-0.2, 0) is 12.8 Å². The number of nitrogens with zero attached hydrogens (tertiary/aromatic N) is 1. The fourth-order valence-electron chi connectivity index (χ4n) is 2.76. The summed E-state index contributed by atoms with van der Waals surface area (Å²) in [7, 11) is 0. The van der Waals surface area contributed by atoms with Crippen molar-refractivity contribution in [3.63, 3.8) is 0 Å². The Labute approximate surface area is 127 Å². The molecular formula is C17H15BrN2. The average Bonchev–Trinajstić information content (AvgIpc) is 2.49. The van der Waals surface area contributed by atoms with Crippen LogP contribution in [0.4, 0.5) is 11.4 Å². The highest BCUT2D eigenvalue weighted by Gasteiger charge is 2.13. The molecule has 0 heterocycles. The minimum atomic E-state index is 0.660. The molecule has 2 nitrogen and oxygen atoms in total. The first-order chi connectivity index (χ1) is 9.78. The number of nitriles is 1. The van der Waals surface area contributed by atoms with Gasteiger partial charge in [-0.1, -0.05) is 28.1 Å². The van der Waals surface area contributed by atoms with E-state index in [1.54, 1.807) is 0 Å². The Morgan fingerprint density at radius 2 is 1.90 bits per heavy atom. The van der Waals surface area contributed by atoms with Gasteiger partial charge >= 0.3 is 0 Å². The first-order valence-electron chi connectivity index (χ1n) is 6.85. The smallest absolute Gasteiger partial charge is 0.101 e. The summed E-state index contributed by atoms with van der Waals surface area (Å²) in [6.45, 7) is 0. The van der Waals surface area contributed by atoms with Gasteiger partial charge < -0.3 is 5.32 Å². The Bertz CT molecular complexity index is 686. The van der Waals surface area contributed by atoms with Gasteiger partial charge in [-0.25, -0.2) is 0 Å². The maximum Gasteiger partial charge on any atom is 0.101 e. The third-order valence-corrected chi connectivity index (χ3v) is 4.26. The van der Waals surface area contributed by atoms with Gasteiger partial charge in [-0.15, -0.1) is 0 Å². The molecule has 1 aliphatic rings. The first-order valence-corrected chi connectivity index (χ1v) is 7.64. The molecule has 0 spiro atoms. The van der Waals surface area contributed by atoms with Crippen molar-refractivity contribution >= 4 is 27.3 Å². The zero-order valence-electron chi connectivity index (χ0n) is 11.1. The predicted molar refractivity (Wildman–Crippen MR) is 85.2 cm³/mol. The average molecular weight is 327 g/mol. The van der Waals surface area contributed by atoms with Gasteiger partial charge in [0, 0.05) is 10.2 Å². The molecule has 0 saturated heterocycles. The van der Waals surface area contributed by atoms with Crippen LogP contribution < -0.4 is 5.32 Å². The fraction of sp³-hybridized carbons (Fsp3) is 0.235. The van der Waals surface area contributed by atoms with E-state index in [1.165, 1.54) is 24.0 Å². The molecule has 20 heavy (non-hydrogen) atoms. The second kappa shape index (κ2) is 5.68. The zero-order chi connectivity index (χ0) is 13.9. The van der Waals surface area contributed by atoms with Gasteiger partial charge in [-0.05, 0) is 61.1 Å². The Morgan fingerprint density at radius 3 is 2.75 bits per heavy atom. The van der Waals surface area contributed by atoms with E-state index in [0.29, 0.717) is 5.56 Å². The molecule has 2 aromatic rings. The molecule has 0 fully saturated rings. The van der Waals surface area contributed by atoms with Gasteiger partial charge in [0.1, 0.15) is 6.07 Å². The Morgan fingerprint density at radius 1 is 1.05 bits per heavy atom. The van der Waals surface area contributed by atoms with Gasteiger partial charge in [0.05, 0.1) is 11.3 Å². The Kier molecular flexibility index (Phi) is 3.75. The lowest BCUT2D eigenvalue weighted by Crippen LogP contribution is -2.06. The van der Waals surface area contributed by atoms with Crippen LogP contribution in [0, 0.1) is 11.3 Å². The number of benzene rings is 2. The van der Waals surface area contributed by atoms with E-state index in [1.807, 2.05) is 18.2 Å². The van der Waals surface area contributed by atoms with Gasteiger partial charge in [-0.3, -0.25) is 0 Å². The molecule has 1 aliphatic carbocycles. The highest BCUT2D eigenvalue weighted by molar-refractivity contribution is 9.10. The van der Waals surface area contributed by atoms with Crippen LogP contribution in [0.3, 0.4) is 0 Å². The molecule has 1 N–H and O–H groups in total. The van der Waals surface area contributed by atoms with E-state index in [4.69, 9.17) is 0 Å². The molecule has 3 rings (SSSR count). The van der Waals surface area contributed by atoms with Crippen molar-refractivity contribution in [3.8, 4) is 6.07 Å². The number of hydrogen-bond acceptors (Lipinski definition) is 2. The van der Waals surface area contributed by atoms with Gasteiger partial charge in [-0.2, -0.15) is 5.26 Å². The van der Waals surface area contributed by atoms with Crippen LogP contribution >= 0.6 is 15.9 Å². The lowest BCUT2D eigenvalue weighted by molar-refractivity contribution is 0.687. The predicted octanol–water partition coefficient (Wildman–Crippen LogP) is 4.94. The van der Waals surface area contributed by atoms with Crippen LogP contribution in [0.15, 0.2) is 40.9 Å². The second-order valence-corrected chi connectivity index (χ2v) is 5.99. The van der Waals surface area contributed by atoms with Crippen molar-refractivity contribution < 1.29 is 0 Å². The molecule has 0 amide bonds. The number of fused-ring (bicyclic) bond motifs is 1. The third-order valence-electron chi connectivity index (χ3n) is 3.77. The van der Waals surface area contributed by atoms with Crippen LogP contribution in [-0.4, -0.2) is 0 Å². The van der Waals surface area contributed by atoms with Crippen molar-refractivity contribution in [1.29, 1.82) is 5.26 Å². The number of halogens is 1. The maximum absolute atomic E-state index is 9.25. The first kappa shape index (κ1) is 13.2. The van der Waals surface area contributed by atoms with E-state index in [2.05, 4.69) is 45.5 Å². The van der Waals surface area contributed by atoms with Crippen molar-refractivity contribution in [1.82, 2.24) is 0 Å². The summed E-state index contributed by atoms with van der Waals surface area (Å²) in [5.74, 6) is 0. The normalized spacial score (nSPS) is 13.4. The molecular weight excluding hydrogens is 312 g/mol. The summed E-state index contributed by atoms with van der Waals surface area (Å²) < 4.78 is 0.926. The van der Waals surface area contributed by atoms with E-state index < -0.39 is 0 Å². The van der Waals surface area contributed by atoms with Crippen LogP contribution in [0.2, 0.25) is 0 Å². The summed E-state index contributed by atoms with van der Waals surface area (Å²) >= 11 is 3.40. The second-order valence-electron chi connectivity index (χ2n) is 5.08. The molecule has 100 valence electrons. The highest BCUT2D eigenvalue weighted by Crippen LogP contribution is 2.31. The van der Waals surface area contributed by atoms with Crippen molar-refractivity contribution in [2.75, 3.05) is 5.32 Å². The number of aryl methyl sites for hydroxylation is 1. The number of anilines is 2. The van der Waals surface area contributed by atoms with E-state index >= 15 is 0 Å². The highest BCUT2D eigenvalue weighted by atomic mass is 79.9. The third kappa shape index (κ3) is 2.57. The lowest BCUT2D eigenvalue weighted by atomic mass is 9.90. The summed E-state index contributed by atoms with van der Waals surface area (Å²) in [6.07, 6.45) is 4.81. The SMILES string of the molecule is N#Cc1cc(Br)ccc1Nc1cccc2c1CCCC2. The zero-order valence-corrected chi connectivity index (χ0v) is 12.7. The van der Waals surface area contributed by atoms with Crippen molar-refractivity contribution in [3.05, 3.63) is 57.6 Å². The van der Waals surface area contributed by atoms with Crippen LogP contribution in [0.5, 0.6) is 0 Å². The monoisotopic (exact) mass is 326 g/mol. The van der Waals surface area contributed by atoms with Crippen LogP contribution in [0.25, 0.3) is 0 Å². The molecule has 0 unspecified atom stereocenters. The van der Waals surface area contributed by atoms with E-state index in [-0.39, 0.29) is 0 Å². The van der Waals surface area contributed by atoms with Gasteiger partial charge in [0.15, 0.2) is 0 Å². The van der Waals surface area contributed by atoms with Crippen LogP contribution in [0.1, 0.15) is 29.5 Å². The summed E-state index contributed by atoms with van der Waals surface area (Å²) in [6, 6.07) is 14.4. The van der Waals surface area contributed by atoms with Gasteiger partial charge in [0.25, 0.3) is 0 Å². The maximum atomic E-state index is 9.25. The Balaban J connectivity index is 1.98. The quantitative estimate of drug-likeness (QED) is 0.848. The Hall–Kier alpha value is -1.79. The van der Waals surface area contributed by atoms with E-state index in [0.717, 1.165) is 28.7 Å². The van der Waals surface area contributed by atoms with Gasteiger partial charge in [0.2, 0.25) is 0 Å². The molecule has 3 heteroatoms. The standard InChI is InChI=1S/C17H15BrN2/c18-14-8-9-16(13(10-14)11-19)20-17-7-3-5-12-4-1-2-6-15(12)17/h3,5,7-10,20H,1-2,4,6H2. The molecule has 0 aromatic heterocycles. The topological polar surface area (TPSA) is 35.8 Å². The minimum absolute atomic E-state index is 0.660. The summed E-state index contributed by atoms with van der Waals surface area (Å²) in [5.41, 5.74) is 5.52. The summed E-state index contributed by atoms with van der Waals surface area (Å²) in [4.78, 5) is 0. The molecule has 2 aromatic carbocycles. The van der Waals surface area contributed by atoms with Crippen molar-refractivity contribution in [2.24, 2.45) is 0 Å². The summed E-state index contributed by atoms with van der Waals surface area (Å²) in [5, 5.41) is 12.7. The number of nitrogens with one attached hydrogen (secondary N) is 1. The molecule has 0 atom stereocenters. The van der Waals surface area contributed by atoms with Crippen molar-refractivity contribution in [2.45, 2.75) is 25.7 Å². The molecule has 0 aliphatic heterocycles. The molecule has 0 radical (unpaired) electrons. The van der Waals surface area contributed by atoms with E-state index in [9.17, 15) is 5.26 Å². The lowest BCUT2D eigenvalue weighted by Gasteiger charge is -2.20. The molecule has 0 bridgehead atoms. The number of hydrogen-bond donors (Lipinski definition) is 1.